The van der Waals surface area contributed by atoms with E-state index in [1.807, 2.05) is 6.92 Å². The second kappa shape index (κ2) is 9.98. The van der Waals surface area contributed by atoms with Gasteiger partial charge in [-0.05, 0) is 24.6 Å². The smallest absolute Gasteiger partial charge is 0.351 e. The van der Waals surface area contributed by atoms with Crippen LogP contribution in [0.4, 0.5) is 13.2 Å². The highest BCUT2D eigenvalue weighted by atomic mass is 32.2. The summed E-state index contributed by atoms with van der Waals surface area (Å²) in [7, 11) is 0. The van der Waals surface area contributed by atoms with Crippen LogP contribution >= 0.6 is 11.8 Å². The van der Waals surface area contributed by atoms with Crippen LogP contribution in [-0.2, 0) is 15.8 Å². The highest BCUT2D eigenvalue weighted by Crippen LogP contribution is 2.31. The Kier molecular flexibility index (Phi) is 7.97. The number of quaternary nitrogens is 1. The van der Waals surface area contributed by atoms with Gasteiger partial charge in [-0.1, -0.05) is 13.0 Å². The van der Waals surface area contributed by atoms with Crippen LogP contribution in [0.5, 0.6) is 0 Å². The first-order valence-corrected chi connectivity index (χ1v) is 9.96. The van der Waals surface area contributed by atoms with Crippen molar-refractivity contribution in [2.24, 2.45) is 0 Å². The maximum Gasteiger partial charge on any atom is 0.416 e. The molecule has 1 saturated heterocycles. The average Bonchev–Trinajstić information content (AvgIpc) is 2.64. The molecule has 2 N–H and O–H groups in total. The summed E-state index contributed by atoms with van der Waals surface area (Å²) in [5, 5.41) is 2.84. The van der Waals surface area contributed by atoms with Crippen molar-refractivity contribution in [3.63, 3.8) is 0 Å². The Morgan fingerprint density at radius 1 is 1.26 bits per heavy atom. The minimum atomic E-state index is -4.39. The summed E-state index contributed by atoms with van der Waals surface area (Å²) in [5.74, 6) is 0.0341. The van der Waals surface area contributed by atoms with Gasteiger partial charge < -0.3 is 15.1 Å². The summed E-state index contributed by atoms with van der Waals surface area (Å²) in [6.07, 6.45) is -3.49. The fraction of sp³-hybridized carbons (Fsp3) is 0.556. The minimum absolute atomic E-state index is 0.0201. The van der Waals surface area contributed by atoms with Crippen LogP contribution in [0.15, 0.2) is 29.2 Å². The van der Waals surface area contributed by atoms with Gasteiger partial charge in [0.15, 0.2) is 6.54 Å². The number of benzene rings is 1. The molecule has 2 amide bonds. The van der Waals surface area contributed by atoms with Crippen molar-refractivity contribution >= 4 is 23.6 Å². The number of piperazine rings is 1. The third kappa shape index (κ3) is 7.06. The zero-order valence-electron chi connectivity index (χ0n) is 15.3. The largest absolute Gasteiger partial charge is 0.416 e. The third-order valence-electron chi connectivity index (χ3n) is 4.33. The molecule has 5 nitrogen and oxygen atoms in total. The first-order chi connectivity index (χ1) is 12.8. The summed E-state index contributed by atoms with van der Waals surface area (Å²) in [6, 6.07) is 5.00. The Balaban J connectivity index is 1.76. The van der Waals surface area contributed by atoms with Crippen molar-refractivity contribution in [2.45, 2.75) is 24.4 Å². The average molecular weight is 404 g/mol. The van der Waals surface area contributed by atoms with Crippen LogP contribution in [0.3, 0.4) is 0 Å². The van der Waals surface area contributed by atoms with Crippen molar-refractivity contribution < 1.29 is 27.7 Å². The summed E-state index contributed by atoms with van der Waals surface area (Å²) in [5.41, 5.74) is -0.710. The number of amides is 2. The van der Waals surface area contributed by atoms with Crippen LogP contribution in [0.1, 0.15) is 18.9 Å². The lowest BCUT2D eigenvalue weighted by Gasteiger charge is -2.31. The standard InChI is InChI=1S/C18H24F3N3O2S/c1-2-6-22-16(25)12-23-7-9-24(10-8-23)17(26)13-27-15-5-3-4-14(11-15)18(19,20)21/h3-5,11H,2,6-10,12-13H2,1H3,(H,22,25)/p+1. The zero-order chi connectivity index (χ0) is 19.9. The molecule has 1 aromatic carbocycles. The molecule has 2 rings (SSSR count). The molecule has 0 aromatic heterocycles. The van der Waals surface area contributed by atoms with Gasteiger partial charge in [0.1, 0.15) is 0 Å². The lowest BCUT2D eigenvalue weighted by Crippen LogP contribution is -3.15. The highest BCUT2D eigenvalue weighted by molar-refractivity contribution is 8.00. The van der Waals surface area contributed by atoms with Crippen LogP contribution in [0.2, 0.25) is 0 Å². The van der Waals surface area contributed by atoms with E-state index in [9.17, 15) is 22.8 Å². The second-order valence-corrected chi connectivity index (χ2v) is 7.52. The third-order valence-corrected chi connectivity index (χ3v) is 5.31. The van der Waals surface area contributed by atoms with Gasteiger partial charge in [-0.2, -0.15) is 13.2 Å². The SMILES string of the molecule is CCCNC(=O)C[NH+]1CCN(C(=O)CSc2cccc(C(F)(F)F)c2)CC1. The van der Waals surface area contributed by atoms with Gasteiger partial charge in [0.05, 0.1) is 37.5 Å². The van der Waals surface area contributed by atoms with E-state index in [2.05, 4.69) is 5.32 Å². The molecule has 1 fully saturated rings. The number of carbonyl (C=O) groups excluding carboxylic acids is 2. The Bertz CT molecular complexity index is 647. The number of thioether (sulfide) groups is 1. The number of halogens is 3. The van der Waals surface area contributed by atoms with Crippen molar-refractivity contribution in [1.29, 1.82) is 0 Å². The van der Waals surface area contributed by atoms with Gasteiger partial charge in [0, 0.05) is 11.4 Å². The maximum absolute atomic E-state index is 12.7. The van der Waals surface area contributed by atoms with E-state index in [-0.39, 0.29) is 17.6 Å². The minimum Gasteiger partial charge on any atom is -0.351 e. The molecule has 0 atom stereocenters. The molecule has 0 unspecified atom stereocenters. The van der Waals surface area contributed by atoms with E-state index in [0.29, 0.717) is 44.2 Å². The van der Waals surface area contributed by atoms with E-state index >= 15 is 0 Å². The van der Waals surface area contributed by atoms with E-state index in [1.54, 1.807) is 11.0 Å². The van der Waals surface area contributed by atoms with Crippen molar-refractivity contribution in [2.75, 3.05) is 45.0 Å². The summed E-state index contributed by atoms with van der Waals surface area (Å²) < 4.78 is 38.2. The predicted octanol–water partition coefficient (Wildman–Crippen LogP) is 1.05. The van der Waals surface area contributed by atoms with E-state index in [1.165, 1.54) is 6.07 Å². The van der Waals surface area contributed by atoms with Gasteiger partial charge in [-0.15, -0.1) is 11.8 Å². The number of nitrogens with zero attached hydrogens (tertiary/aromatic N) is 1. The Hall–Kier alpha value is -1.74. The van der Waals surface area contributed by atoms with E-state index < -0.39 is 11.7 Å². The highest BCUT2D eigenvalue weighted by Gasteiger charge is 2.30. The number of alkyl halides is 3. The number of hydrogen-bond donors (Lipinski definition) is 2. The first kappa shape index (κ1) is 21.6. The zero-order valence-corrected chi connectivity index (χ0v) is 16.1. The maximum atomic E-state index is 12.7. The number of hydrogen-bond acceptors (Lipinski definition) is 3. The van der Waals surface area contributed by atoms with E-state index in [0.717, 1.165) is 35.2 Å². The quantitative estimate of drug-likeness (QED) is 0.668. The molecular formula is C18H25F3N3O2S+. The monoisotopic (exact) mass is 404 g/mol. The van der Waals surface area contributed by atoms with Gasteiger partial charge in [0.25, 0.3) is 5.91 Å². The summed E-state index contributed by atoms with van der Waals surface area (Å²) in [4.78, 5) is 27.3. The molecule has 27 heavy (non-hydrogen) atoms. The van der Waals surface area contributed by atoms with Crippen LogP contribution in [0.25, 0.3) is 0 Å². The molecule has 1 heterocycles. The molecule has 1 aliphatic heterocycles. The fourth-order valence-electron chi connectivity index (χ4n) is 2.80. The van der Waals surface area contributed by atoms with Crippen molar-refractivity contribution in [1.82, 2.24) is 10.2 Å². The molecule has 0 saturated carbocycles. The van der Waals surface area contributed by atoms with Crippen molar-refractivity contribution in [3.8, 4) is 0 Å². The molecule has 150 valence electrons. The summed E-state index contributed by atoms with van der Waals surface area (Å²) in [6.45, 7) is 5.56. The van der Waals surface area contributed by atoms with Gasteiger partial charge >= 0.3 is 6.18 Å². The van der Waals surface area contributed by atoms with Gasteiger partial charge in [-0.3, -0.25) is 9.59 Å². The molecule has 0 bridgehead atoms. The normalized spacial score (nSPS) is 15.6. The molecule has 0 aliphatic carbocycles. The Morgan fingerprint density at radius 2 is 1.96 bits per heavy atom. The van der Waals surface area contributed by atoms with Gasteiger partial charge in [-0.25, -0.2) is 0 Å². The lowest BCUT2D eigenvalue weighted by molar-refractivity contribution is -0.896. The Labute approximate surface area is 161 Å². The predicted molar refractivity (Wildman–Crippen MR) is 97.6 cm³/mol. The topological polar surface area (TPSA) is 53.9 Å². The van der Waals surface area contributed by atoms with E-state index in [4.69, 9.17) is 0 Å². The van der Waals surface area contributed by atoms with Crippen LogP contribution < -0.4 is 10.2 Å². The van der Waals surface area contributed by atoms with Crippen molar-refractivity contribution in [3.05, 3.63) is 29.8 Å². The van der Waals surface area contributed by atoms with Crippen LogP contribution in [-0.4, -0.2) is 61.7 Å². The Morgan fingerprint density at radius 3 is 2.59 bits per heavy atom. The summed E-state index contributed by atoms with van der Waals surface area (Å²) >= 11 is 1.11. The molecule has 0 radical (unpaired) electrons. The molecule has 9 heteroatoms. The molecule has 0 spiro atoms. The number of nitrogens with one attached hydrogen (secondary N) is 2. The fourth-order valence-corrected chi connectivity index (χ4v) is 3.66. The molecular weight excluding hydrogens is 379 g/mol. The second-order valence-electron chi connectivity index (χ2n) is 6.47. The molecule has 1 aliphatic rings. The molecule has 1 aromatic rings. The first-order valence-electron chi connectivity index (χ1n) is 8.97. The van der Waals surface area contributed by atoms with Crippen LogP contribution in [0, 0.1) is 0 Å². The number of carbonyl (C=O) groups is 2. The lowest BCUT2D eigenvalue weighted by atomic mass is 10.2. The number of rotatable bonds is 7. The van der Waals surface area contributed by atoms with Gasteiger partial charge in [0.2, 0.25) is 5.91 Å².